The molecule has 2 aromatic carbocycles. The number of rotatable bonds is 4. The lowest BCUT2D eigenvalue weighted by Crippen LogP contribution is -2.01. The van der Waals surface area contributed by atoms with Crippen LogP contribution in [0.1, 0.15) is 18.1 Å². The molecule has 1 heterocycles. The lowest BCUT2D eigenvalue weighted by atomic mass is 10.1. The summed E-state index contributed by atoms with van der Waals surface area (Å²) in [5.41, 5.74) is 2.48. The topological polar surface area (TPSA) is 47.9 Å². The molecule has 0 saturated carbocycles. The monoisotopic (exact) mass is 345 g/mol. The Hall–Kier alpha value is -2.66. The highest BCUT2D eigenvalue weighted by molar-refractivity contribution is 6.32. The third-order valence-corrected chi connectivity index (χ3v) is 3.75. The molecule has 0 spiro atoms. The molecule has 24 heavy (non-hydrogen) atoms. The third kappa shape index (κ3) is 3.63. The lowest BCUT2D eigenvalue weighted by Gasteiger charge is -2.09. The highest BCUT2D eigenvalue weighted by atomic mass is 35.5. The van der Waals surface area contributed by atoms with Crippen molar-refractivity contribution in [3.63, 3.8) is 0 Å². The highest BCUT2D eigenvalue weighted by Gasteiger charge is 2.21. The zero-order valence-corrected chi connectivity index (χ0v) is 13.5. The Bertz CT molecular complexity index is 844. The Labute approximate surface area is 143 Å². The summed E-state index contributed by atoms with van der Waals surface area (Å²) < 4.78 is 18.5. The molecule has 2 aromatic rings. The smallest absolute Gasteiger partial charge is 0.367 e. The van der Waals surface area contributed by atoms with Crippen molar-refractivity contribution in [2.75, 3.05) is 0 Å². The van der Waals surface area contributed by atoms with Crippen molar-refractivity contribution in [3.8, 4) is 5.75 Å². The summed E-state index contributed by atoms with van der Waals surface area (Å²) in [5, 5.41) is 4.03. The first-order valence-corrected chi connectivity index (χ1v) is 7.55. The maximum absolute atomic E-state index is 12.9. The Morgan fingerprint density at radius 3 is 2.62 bits per heavy atom. The van der Waals surface area contributed by atoms with Gasteiger partial charge in [-0.15, -0.1) is 0 Å². The SMILES string of the molecule is CC1=NOC(=O)C1=Cc1ccc(OCc2ccc(F)cc2)c(Cl)c1. The summed E-state index contributed by atoms with van der Waals surface area (Å²) in [6.07, 6.45) is 1.66. The molecule has 0 N–H and O–H groups in total. The van der Waals surface area contributed by atoms with Gasteiger partial charge in [-0.2, -0.15) is 0 Å². The fourth-order valence-electron chi connectivity index (χ4n) is 2.15. The van der Waals surface area contributed by atoms with Crippen molar-refractivity contribution < 1.29 is 18.8 Å². The number of hydrogen-bond donors (Lipinski definition) is 0. The van der Waals surface area contributed by atoms with Crippen molar-refractivity contribution in [2.24, 2.45) is 5.16 Å². The van der Waals surface area contributed by atoms with E-state index in [2.05, 4.69) is 9.99 Å². The second-order valence-corrected chi connectivity index (χ2v) is 5.63. The van der Waals surface area contributed by atoms with Crippen molar-refractivity contribution in [3.05, 3.63) is 70.0 Å². The van der Waals surface area contributed by atoms with Crippen LogP contribution in [0, 0.1) is 5.82 Å². The minimum atomic E-state index is -0.486. The lowest BCUT2D eigenvalue weighted by molar-refractivity contribution is -0.136. The number of hydrogen-bond acceptors (Lipinski definition) is 4. The second kappa shape index (κ2) is 6.84. The number of nitrogens with zero attached hydrogens (tertiary/aromatic N) is 1. The first kappa shape index (κ1) is 16.2. The molecule has 122 valence electrons. The second-order valence-electron chi connectivity index (χ2n) is 5.22. The molecule has 0 atom stereocenters. The van der Waals surface area contributed by atoms with E-state index in [1.54, 1.807) is 43.3 Å². The standard InChI is InChI=1S/C18H13ClFNO3/c1-11-15(18(22)24-21-11)8-13-4-7-17(16(19)9-13)23-10-12-2-5-14(20)6-3-12/h2-9H,10H2,1H3. The summed E-state index contributed by atoms with van der Waals surface area (Å²) >= 11 is 6.22. The number of benzene rings is 2. The maximum Gasteiger partial charge on any atom is 0.367 e. The Morgan fingerprint density at radius 1 is 1.25 bits per heavy atom. The summed E-state index contributed by atoms with van der Waals surface area (Å²) in [5.74, 6) is -0.277. The average molecular weight is 346 g/mol. The Kier molecular flexibility index (Phi) is 4.62. The molecule has 0 radical (unpaired) electrons. The van der Waals surface area contributed by atoms with Gasteiger partial charge in [0, 0.05) is 0 Å². The van der Waals surface area contributed by atoms with E-state index in [0.717, 1.165) is 11.1 Å². The molecular formula is C18H13ClFNO3. The summed E-state index contributed by atoms with van der Waals surface area (Å²) in [6.45, 7) is 1.97. The Morgan fingerprint density at radius 2 is 2.00 bits per heavy atom. The van der Waals surface area contributed by atoms with Crippen LogP contribution in [-0.4, -0.2) is 11.7 Å². The van der Waals surface area contributed by atoms with Gasteiger partial charge in [0.05, 0.1) is 16.3 Å². The summed E-state index contributed by atoms with van der Waals surface area (Å²) in [6, 6.07) is 11.2. The Balaban J connectivity index is 1.73. The number of halogens is 2. The molecule has 0 bridgehead atoms. The predicted molar refractivity (Wildman–Crippen MR) is 89.4 cm³/mol. The molecule has 0 fully saturated rings. The largest absolute Gasteiger partial charge is 0.487 e. The molecule has 3 rings (SSSR count). The van der Waals surface area contributed by atoms with Crippen LogP contribution >= 0.6 is 11.6 Å². The minimum Gasteiger partial charge on any atom is -0.487 e. The maximum atomic E-state index is 12.9. The number of carbonyl (C=O) groups excluding carboxylic acids is 1. The van der Waals surface area contributed by atoms with Gasteiger partial charge in [0.25, 0.3) is 0 Å². The van der Waals surface area contributed by atoms with Crippen LogP contribution in [0.5, 0.6) is 5.75 Å². The average Bonchev–Trinajstić information content (AvgIpc) is 2.87. The molecule has 6 heteroatoms. The van der Waals surface area contributed by atoms with Crippen LogP contribution in [0.3, 0.4) is 0 Å². The molecule has 0 saturated heterocycles. The van der Waals surface area contributed by atoms with Crippen LogP contribution in [0.4, 0.5) is 4.39 Å². The van der Waals surface area contributed by atoms with E-state index in [4.69, 9.17) is 16.3 Å². The predicted octanol–water partition coefficient (Wildman–Crippen LogP) is 4.37. The van der Waals surface area contributed by atoms with Crippen LogP contribution in [0.2, 0.25) is 5.02 Å². The van der Waals surface area contributed by atoms with Gasteiger partial charge in [0.1, 0.15) is 18.2 Å². The van der Waals surface area contributed by atoms with Crippen molar-refractivity contribution in [1.82, 2.24) is 0 Å². The fraction of sp³-hybridized carbons (Fsp3) is 0.111. The van der Waals surface area contributed by atoms with Gasteiger partial charge in [-0.1, -0.05) is 35.0 Å². The van der Waals surface area contributed by atoms with Crippen LogP contribution in [0.25, 0.3) is 6.08 Å². The van der Waals surface area contributed by atoms with E-state index < -0.39 is 5.97 Å². The zero-order chi connectivity index (χ0) is 17.1. The quantitative estimate of drug-likeness (QED) is 0.610. The van der Waals surface area contributed by atoms with Crippen LogP contribution in [0.15, 0.2) is 53.2 Å². The van der Waals surface area contributed by atoms with Crippen LogP contribution in [-0.2, 0) is 16.2 Å². The summed E-state index contributed by atoms with van der Waals surface area (Å²) in [4.78, 5) is 16.1. The van der Waals surface area contributed by atoms with E-state index in [-0.39, 0.29) is 12.4 Å². The van der Waals surface area contributed by atoms with Gasteiger partial charge in [0.2, 0.25) is 0 Å². The molecule has 0 amide bonds. The molecule has 0 aliphatic carbocycles. The molecule has 4 nitrogen and oxygen atoms in total. The van der Waals surface area contributed by atoms with E-state index in [1.807, 2.05) is 0 Å². The molecule has 1 aliphatic heterocycles. The van der Waals surface area contributed by atoms with E-state index in [1.165, 1.54) is 12.1 Å². The molecular weight excluding hydrogens is 333 g/mol. The van der Waals surface area contributed by atoms with Crippen molar-refractivity contribution >= 4 is 29.4 Å². The minimum absolute atomic E-state index is 0.276. The van der Waals surface area contributed by atoms with Gasteiger partial charge < -0.3 is 9.57 Å². The van der Waals surface area contributed by atoms with Gasteiger partial charge in [0.15, 0.2) is 0 Å². The molecule has 1 aliphatic rings. The van der Waals surface area contributed by atoms with Gasteiger partial charge in [-0.25, -0.2) is 9.18 Å². The third-order valence-electron chi connectivity index (χ3n) is 3.45. The van der Waals surface area contributed by atoms with Gasteiger partial charge in [-0.3, -0.25) is 0 Å². The normalized spacial score (nSPS) is 15.4. The molecule has 0 unspecified atom stereocenters. The number of carbonyl (C=O) groups is 1. The van der Waals surface area contributed by atoms with Crippen LogP contribution < -0.4 is 4.74 Å². The summed E-state index contributed by atoms with van der Waals surface area (Å²) in [7, 11) is 0. The zero-order valence-electron chi connectivity index (χ0n) is 12.8. The number of oxime groups is 1. The number of ether oxygens (including phenoxy) is 1. The van der Waals surface area contributed by atoms with Crippen molar-refractivity contribution in [1.29, 1.82) is 0 Å². The first-order valence-electron chi connectivity index (χ1n) is 7.18. The van der Waals surface area contributed by atoms with E-state index >= 15 is 0 Å². The fourth-order valence-corrected chi connectivity index (χ4v) is 2.40. The molecule has 0 aromatic heterocycles. The van der Waals surface area contributed by atoms with Crippen molar-refractivity contribution in [2.45, 2.75) is 13.5 Å². The first-order chi connectivity index (χ1) is 11.5. The highest BCUT2D eigenvalue weighted by Crippen LogP contribution is 2.28. The van der Waals surface area contributed by atoms with Gasteiger partial charge in [-0.05, 0) is 48.4 Å². The van der Waals surface area contributed by atoms with Gasteiger partial charge >= 0.3 is 5.97 Å². The van der Waals surface area contributed by atoms with E-state index in [9.17, 15) is 9.18 Å². The van der Waals surface area contributed by atoms with E-state index in [0.29, 0.717) is 22.1 Å².